The Kier molecular flexibility index (Phi) is 3.52. The molecular weight excluding hydrogens is 228 g/mol. The normalized spacial score (nSPS) is 10.2. The van der Waals surface area contributed by atoms with Gasteiger partial charge in [-0.2, -0.15) is 5.10 Å². The smallest absolute Gasteiger partial charge is 0.259 e. The summed E-state index contributed by atoms with van der Waals surface area (Å²) < 4.78 is 1.58. The lowest BCUT2D eigenvalue weighted by Gasteiger charge is -2.18. The fourth-order valence-corrected chi connectivity index (χ4v) is 1.70. The topological polar surface area (TPSA) is 50.5 Å². The van der Waals surface area contributed by atoms with Gasteiger partial charge < -0.3 is 4.90 Å². The summed E-state index contributed by atoms with van der Waals surface area (Å²) in [5.41, 5.74) is 1.04. The molecule has 0 saturated carbocycles. The molecule has 0 atom stereocenters. The summed E-state index contributed by atoms with van der Waals surface area (Å²) in [6, 6.07) is 1.76. The van der Waals surface area contributed by atoms with Crippen LogP contribution in [0.15, 0.2) is 50.0 Å². The Bertz CT molecular complexity index is 577. The van der Waals surface area contributed by atoms with E-state index in [4.69, 9.17) is 0 Å². The first-order valence-electron chi connectivity index (χ1n) is 5.57. The largest absolute Gasteiger partial charge is 0.331 e. The zero-order chi connectivity index (χ0) is 13.0. The van der Waals surface area contributed by atoms with Crippen molar-refractivity contribution < 1.29 is 4.79 Å². The predicted octanol–water partition coefficient (Wildman–Crippen LogP) is 1.54. The molecule has 2 rings (SSSR count). The van der Waals surface area contributed by atoms with E-state index in [9.17, 15) is 4.79 Å². The van der Waals surface area contributed by atoms with Crippen molar-refractivity contribution in [3.63, 3.8) is 0 Å². The van der Waals surface area contributed by atoms with E-state index < -0.39 is 0 Å². The first kappa shape index (κ1) is 12.0. The number of rotatable bonds is 5. The van der Waals surface area contributed by atoms with Crippen molar-refractivity contribution in [2.45, 2.75) is 0 Å². The summed E-state index contributed by atoms with van der Waals surface area (Å²) in [7, 11) is 0. The molecule has 0 saturated heterocycles. The minimum Gasteiger partial charge on any atom is -0.331 e. The van der Waals surface area contributed by atoms with Gasteiger partial charge in [-0.25, -0.2) is 9.50 Å². The van der Waals surface area contributed by atoms with Crippen molar-refractivity contribution in [1.29, 1.82) is 0 Å². The van der Waals surface area contributed by atoms with E-state index in [1.165, 1.54) is 6.20 Å². The highest BCUT2D eigenvalue weighted by molar-refractivity contribution is 5.99. The molecule has 0 radical (unpaired) electrons. The molecule has 0 bridgehead atoms. The Morgan fingerprint density at radius 1 is 1.39 bits per heavy atom. The molecule has 5 heteroatoms. The van der Waals surface area contributed by atoms with Crippen molar-refractivity contribution in [1.82, 2.24) is 19.5 Å². The molecule has 5 nitrogen and oxygen atoms in total. The number of nitrogens with zero attached hydrogens (tertiary/aromatic N) is 4. The monoisotopic (exact) mass is 242 g/mol. The van der Waals surface area contributed by atoms with Gasteiger partial charge in [-0.3, -0.25) is 4.79 Å². The zero-order valence-electron chi connectivity index (χ0n) is 9.99. The van der Waals surface area contributed by atoms with E-state index in [1.807, 2.05) is 0 Å². The maximum atomic E-state index is 12.3. The van der Waals surface area contributed by atoms with Crippen LogP contribution in [0.4, 0.5) is 0 Å². The maximum absolute atomic E-state index is 12.3. The molecule has 0 unspecified atom stereocenters. The van der Waals surface area contributed by atoms with Gasteiger partial charge >= 0.3 is 0 Å². The minimum absolute atomic E-state index is 0.122. The highest BCUT2D eigenvalue weighted by Gasteiger charge is 2.18. The molecule has 0 spiro atoms. The van der Waals surface area contributed by atoms with E-state index in [0.29, 0.717) is 24.3 Å². The highest BCUT2D eigenvalue weighted by Crippen LogP contribution is 2.10. The molecule has 18 heavy (non-hydrogen) atoms. The van der Waals surface area contributed by atoms with Crippen LogP contribution in [0.2, 0.25) is 0 Å². The van der Waals surface area contributed by atoms with E-state index >= 15 is 0 Å². The van der Waals surface area contributed by atoms with Crippen LogP contribution < -0.4 is 0 Å². The van der Waals surface area contributed by atoms with Crippen LogP contribution in [-0.2, 0) is 0 Å². The number of hydrogen-bond donors (Lipinski definition) is 0. The van der Waals surface area contributed by atoms with Crippen molar-refractivity contribution >= 4 is 11.6 Å². The van der Waals surface area contributed by atoms with Gasteiger partial charge in [0.05, 0.1) is 6.20 Å². The van der Waals surface area contributed by atoms with Gasteiger partial charge in [0, 0.05) is 25.5 Å². The standard InChI is InChI=1S/C13H14N4O/c1-3-7-16(8-4-2)13(18)11-10-15-17-9-5-6-14-12(11)17/h3-6,9-10H,1-2,7-8H2. The summed E-state index contributed by atoms with van der Waals surface area (Å²) in [4.78, 5) is 18.1. The third-order valence-electron chi connectivity index (χ3n) is 2.50. The average molecular weight is 242 g/mol. The first-order chi connectivity index (χ1) is 8.77. The minimum atomic E-state index is -0.122. The molecule has 0 aliphatic rings. The van der Waals surface area contributed by atoms with E-state index in [1.54, 1.807) is 40.0 Å². The van der Waals surface area contributed by atoms with Crippen molar-refractivity contribution in [2.24, 2.45) is 0 Å². The van der Waals surface area contributed by atoms with E-state index in [0.717, 1.165) is 0 Å². The lowest BCUT2D eigenvalue weighted by molar-refractivity contribution is 0.0792. The molecule has 0 aromatic carbocycles. The van der Waals surface area contributed by atoms with E-state index in [-0.39, 0.29) is 5.91 Å². The van der Waals surface area contributed by atoms with Crippen molar-refractivity contribution in [2.75, 3.05) is 13.1 Å². The lowest BCUT2D eigenvalue weighted by Crippen LogP contribution is -2.31. The van der Waals surface area contributed by atoms with Crippen LogP contribution >= 0.6 is 0 Å². The van der Waals surface area contributed by atoms with Gasteiger partial charge in [0.2, 0.25) is 0 Å². The van der Waals surface area contributed by atoms with Gasteiger partial charge in [0.15, 0.2) is 5.65 Å². The summed E-state index contributed by atoms with van der Waals surface area (Å²) >= 11 is 0. The van der Waals surface area contributed by atoms with Gasteiger partial charge in [-0.15, -0.1) is 13.2 Å². The number of hydrogen-bond acceptors (Lipinski definition) is 3. The molecule has 92 valence electrons. The van der Waals surface area contributed by atoms with Gasteiger partial charge in [-0.05, 0) is 6.07 Å². The Hall–Kier alpha value is -2.43. The second-order valence-electron chi connectivity index (χ2n) is 3.73. The Balaban J connectivity index is 2.37. The number of amides is 1. The summed E-state index contributed by atoms with van der Waals surface area (Å²) in [6.45, 7) is 8.22. The number of aromatic nitrogens is 3. The Labute approximate surface area is 105 Å². The van der Waals surface area contributed by atoms with Crippen LogP contribution in [0.5, 0.6) is 0 Å². The third-order valence-corrected chi connectivity index (χ3v) is 2.50. The van der Waals surface area contributed by atoms with Crippen LogP contribution in [0.3, 0.4) is 0 Å². The van der Waals surface area contributed by atoms with Crippen LogP contribution in [0.1, 0.15) is 10.4 Å². The molecule has 2 aromatic rings. The molecular formula is C13H14N4O. The molecule has 0 N–H and O–H groups in total. The third kappa shape index (κ3) is 2.15. The van der Waals surface area contributed by atoms with E-state index in [2.05, 4.69) is 23.2 Å². The molecule has 0 aliphatic heterocycles. The van der Waals surface area contributed by atoms with Gasteiger partial charge in [0.1, 0.15) is 5.56 Å². The quantitative estimate of drug-likeness (QED) is 0.747. The molecule has 2 heterocycles. The summed E-state index contributed by atoms with van der Waals surface area (Å²) in [5, 5.41) is 4.10. The summed E-state index contributed by atoms with van der Waals surface area (Å²) in [5.74, 6) is -0.122. The highest BCUT2D eigenvalue weighted by atomic mass is 16.2. The van der Waals surface area contributed by atoms with Crippen LogP contribution in [-0.4, -0.2) is 38.5 Å². The maximum Gasteiger partial charge on any atom is 0.259 e. The lowest BCUT2D eigenvalue weighted by atomic mass is 10.2. The number of carbonyl (C=O) groups excluding carboxylic acids is 1. The van der Waals surface area contributed by atoms with Crippen LogP contribution in [0.25, 0.3) is 5.65 Å². The fourth-order valence-electron chi connectivity index (χ4n) is 1.70. The zero-order valence-corrected chi connectivity index (χ0v) is 9.99. The number of carbonyl (C=O) groups is 1. The van der Waals surface area contributed by atoms with Crippen LogP contribution in [0, 0.1) is 0 Å². The van der Waals surface area contributed by atoms with Crippen molar-refractivity contribution in [3.05, 3.63) is 55.5 Å². The van der Waals surface area contributed by atoms with Crippen molar-refractivity contribution in [3.8, 4) is 0 Å². The fraction of sp³-hybridized carbons (Fsp3) is 0.154. The molecule has 0 fully saturated rings. The molecule has 1 amide bonds. The number of fused-ring (bicyclic) bond motifs is 1. The Morgan fingerprint density at radius 2 is 2.11 bits per heavy atom. The second kappa shape index (κ2) is 5.27. The SMILES string of the molecule is C=CCN(CC=C)C(=O)c1cnn2cccnc12. The average Bonchev–Trinajstić information content (AvgIpc) is 2.81. The summed E-state index contributed by atoms with van der Waals surface area (Å²) in [6.07, 6.45) is 8.29. The Morgan fingerprint density at radius 3 is 2.78 bits per heavy atom. The van der Waals surface area contributed by atoms with Gasteiger partial charge in [0.25, 0.3) is 5.91 Å². The predicted molar refractivity (Wildman–Crippen MR) is 69.3 cm³/mol. The molecule has 2 aromatic heterocycles. The first-order valence-corrected chi connectivity index (χ1v) is 5.57. The van der Waals surface area contributed by atoms with Gasteiger partial charge in [-0.1, -0.05) is 12.2 Å². The second-order valence-corrected chi connectivity index (χ2v) is 3.73. The molecule has 0 aliphatic carbocycles.